The van der Waals surface area contributed by atoms with Crippen LogP contribution in [0.1, 0.15) is 28.8 Å². The average molecular weight is 425 g/mol. The minimum Gasteiger partial charge on any atom is -0.484 e. The van der Waals surface area contributed by atoms with E-state index in [1.165, 1.54) is 0 Å². The summed E-state index contributed by atoms with van der Waals surface area (Å²) in [6, 6.07) is 10.0. The van der Waals surface area contributed by atoms with Crippen molar-refractivity contribution in [3.05, 3.63) is 53.3 Å². The fraction of sp³-hybridized carbons (Fsp3) is 0.227. The SMILES string of the molecule is O=C(O)CCCNC(=O)COc1ccc2c(c1)O/C(=C\c1ccc3c(c1)OCO3)C2=O. The topological polar surface area (TPSA) is 120 Å². The number of hydrogen-bond acceptors (Lipinski definition) is 7. The van der Waals surface area contributed by atoms with Gasteiger partial charge in [-0.3, -0.25) is 14.4 Å². The number of aliphatic carboxylic acids is 1. The van der Waals surface area contributed by atoms with Crippen molar-refractivity contribution in [1.82, 2.24) is 5.32 Å². The lowest BCUT2D eigenvalue weighted by Gasteiger charge is -2.08. The number of ketones is 1. The first-order chi connectivity index (χ1) is 15.0. The molecule has 2 aliphatic heterocycles. The molecule has 0 saturated carbocycles. The molecule has 0 radical (unpaired) electrons. The Morgan fingerprint density at radius 1 is 1.10 bits per heavy atom. The molecule has 9 heteroatoms. The molecule has 9 nitrogen and oxygen atoms in total. The number of Topliss-reactive ketones (excluding diaryl/α,β-unsaturated/α-hetero) is 1. The molecule has 0 aliphatic carbocycles. The number of rotatable bonds is 8. The molecular weight excluding hydrogens is 406 g/mol. The van der Waals surface area contributed by atoms with Crippen LogP contribution in [0.5, 0.6) is 23.0 Å². The molecule has 0 aromatic heterocycles. The van der Waals surface area contributed by atoms with Crippen LogP contribution in [0.15, 0.2) is 42.2 Å². The summed E-state index contributed by atoms with van der Waals surface area (Å²) in [5, 5.41) is 11.2. The monoisotopic (exact) mass is 425 g/mol. The number of carbonyl (C=O) groups is 3. The van der Waals surface area contributed by atoms with Crippen LogP contribution in [0, 0.1) is 0 Å². The molecule has 0 saturated heterocycles. The van der Waals surface area contributed by atoms with Crippen LogP contribution >= 0.6 is 0 Å². The standard InChI is InChI=1S/C22H19NO8/c24-20(23-7-1-2-21(25)26)11-28-14-4-5-15-17(10-14)31-19(22(15)27)9-13-3-6-16-18(8-13)30-12-29-16/h3-6,8-10H,1-2,7,11-12H2,(H,23,24)(H,25,26)/b19-9-. The summed E-state index contributed by atoms with van der Waals surface area (Å²) >= 11 is 0. The quantitative estimate of drug-likeness (QED) is 0.489. The van der Waals surface area contributed by atoms with E-state index < -0.39 is 5.97 Å². The predicted octanol–water partition coefficient (Wildman–Crippen LogP) is 2.39. The van der Waals surface area contributed by atoms with E-state index in [9.17, 15) is 14.4 Å². The maximum Gasteiger partial charge on any atom is 0.303 e. The summed E-state index contributed by atoms with van der Waals surface area (Å²) < 4.78 is 21.8. The lowest BCUT2D eigenvalue weighted by Crippen LogP contribution is -2.29. The molecule has 0 unspecified atom stereocenters. The van der Waals surface area contributed by atoms with Gasteiger partial charge in [-0.05, 0) is 42.3 Å². The molecule has 0 atom stereocenters. The summed E-state index contributed by atoms with van der Waals surface area (Å²) in [5.74, 6) is 0.605. The summed E-state index contributed by atoms with van der Waals surface area (Å²) in [6.45, 7) is 0.184. The van der Waals surface area contributed by atoms with Gasteiger partial charge in [-0.2, -0.15) is 0 Å². The van der Waals surface area contributed by atoms with E-state index >= 15 is 0 Å². The minimum atomic E-state index is -0.912. The van der Waals surface area contributed by atoms with Crippen LogP contribution in [0.3, 0.4) is 0 Å². The van der Waals surface area contributed by atoms with Crippen molar-refractivity contribution in [1.29, 1.82) is 0 Å². The first-order valence-corrected chi connectivity index (χ1v) is 9.59. The molecule has 160 valence electrons. The van der Waals surface area contributed by atoms with Crippen LogP contribution in [-0.2, 0) is 9.59 Å². The third-order valence-corrected chi connectivity index (χ3v) is 4.60. The molecule has 4 rings (SSSR count). The number of nitrogens with one attached hydrogen (secondary N) is 1. The normalized spacial score (nSPS) is 14.8. The summed E-state index contributed by atoms with van der Waals surface area (Å²) in [5.41, 5.74) is 1.13. The zero-order valence-electron chi connectivity index (χ0n) is 16.4. The Bertz CT molecular complexity index is 1080. The maximum atomic E-state index is 12.6. The molecule has 2 aliphatic rings. The molecule has 31 heavy (non-hydrogen) atoms. The van der Waals surface area contributed by atoms with Crippen molar-refractivity contribution in [2.75, 3.05) is 19.9 Å². The number of fused-ring (bicyclic) bond motifs is 2. The number of carbonyl (C=O) groups excluding carboxylic acids is 2. The number of ether oxygens (including phenoxy) is 4. The summed E-state index contributed by atoms with van der Waals surface area (Å²) in [4.78, 5) is 34.8. The van der Waals surface area contributed by atoms with Crippen LogP contribution in [0.2, 0.25) is 0 Å². The maximum absolute atomic E-state index is 12.6. The smallest absolute Gasteiger partial charge is 0.303 e. The van der Waals surface area contributed by atoms with Crippen molar-refractivity contribution in [2.45, 2.75) is 12.8 Å². The molecular formula is C22H19NO8. The van der Waals surface area contributed by atoms with Crippen molar-refractivity contribution in [2.24, 2.45) is 0 Å². The number of carboxylic acids is 1. The first kappa shape index (κ1) is 20.3. The Labute approximate surface area is 177 Å². The third kappa shape index (κ3) is 4.77. The highest BCUT2D eigenvalue weighted by atomic mass is 16.7. The Hall–Kier alpha value is -4.01. The fourth-order valence-corrected chi connectivity index (χ4v) is 3.08. The Morgan fingerprint density at radius 3 is 2.77 bits per heavy atom. The van der Waals surface area contributed by atoms with Gasteiger partial charge in [0.15, 0.2) is 23.9 Å². The number of amides is 1. The van der Waals surface area contributed by atoms with E-state index in [-0.39, 0.29) is 43.8 Å². The van der Waals surface area contributed by atoms with Gasteiger partial charge < -0.3 is 29.4 Å². The van der Waals surface area contributed by atoms with E-state index in [4.69, 9.17) is 24.1 Å². The van der Waals surface area contributed by atoms with Gasteiger partial charge in [0.05, 0.1) is 5.56 Å². The molecule has 1 amide bonds. The van der Waals surface area contributed by atoms with Gasteiger partial charge in [0, 0.05) is 19.0 Å². The van der Waals surface area contributed by atoms with Gasteiger partial charge in [-0.15, -0.1) is 0 Å². The van der Waals surface area contributed by atoms with E-state index in [1.807, 2.05) is 0 Å². The van der Waals surface area contributed by atoms with Crippen molar-refractivity contribution >= 4 is 23.7 Å². The van der Waals surface area contributed by atoms with Crippen LogP contribution in [0.4, 0.5) is 0 Å². The van der Waals surface area contributed by atoms with E-state index in [0.717, 1.165) is 5.56 Å². The lowest BCUT2D eigenvalue weighted by molar-refractivity contribution is -0.137. The highest BCUT2D eigenvalue weighted by Crippen LogP contribution is 2.37. The molecule has 2 aromatic rings. The third-order valence-electron chi connectivity index (χ3n) is 4.60. The Kier molecular flexibility index (Phi) is 5.74. The second kappa shape index (κ2) is 8.78. The zero-order valence-corrected chi connectivity index (χ0v) is 16.4. The lowest BCUT2D eigenvalue weighted by atomic mass is 10.1. The zero-order chi connectivity index (χ0) is 21.8. The highest BCUT2D eigenvalue weighted by Gasteiger charge is 2.28. The number of allylic oxidation sites excluding steroid dienone is 1. The molecule has 0 fully saturated rings. The second-order valence-corrected chi connectivity index (χ2v) is 6.85. The van der Waals surface area contributed by atoms with Gasteiger partial charge in [-0.25, -0.2) is 0 Å². The van der Waals surface area contributed by atoms with Crippen molar-refractivity contribution in [3.63, 3.8) is 0 Å². The molecule has 2 N–H and O–H groups in total. The fourth-order valence-electron chi connectivity index (χ4n) is 3.08. The van der Waals surface area contributed by atoms with Crippen LogP contribution < -0.4 is 24.3 Å². The first-order valence-electron chi connectivity index (χ1n) is 9.59. The summed E-state index contributed by atoms with van der Waals surface area (Å²) in [7, 11) is 0. The Morgan fingerprint density at radius 2 is 1.94 bits per heavy atom. The summed E-state index contributed by atoms with van der Waals surface area (Å²) in [6.07, 6.45) is 1.95. The molecule has 2 aromatic carbocycles. The predicted molar refractivity (Wildman–Crippen MR) is 107 cm³/mol. The van der Waals surface area contributed by atoms with Crippen molar-refractivity contribution in [3.8, 4) is 23.0 Å². The van der Waals surface area contributed by atoms with Gasteiger partial charge in [0.2, 0.25) is 12.6 Å². The van der Waals surface area contributed by atoms with E-state index in [2.05, 4.69) is 5.32 Å². The number of benzene rings is 2. The molecule has 0 bridgehead atoms. The second-order valence-electron chi connectivity index (χ2n) is 6.85. The van der Waals surface area contributed by atoms with Crippen LogP contribution in [0.25, 0.3) is 6.08 Å². The highest BCUT2D eigenvalue weighted by molar-refractivity contribution is 6.14. The minimum absolute atomic E-state index is 0.0144. The number of carboxylic acid groups (broad SMARTS) is 1. The molecule has 0 spiro atoms. The Balaban J connectivity index is 1.36. The van der Waals surface area contributed by atoms with Gasteiger partial charge >= 0.3 is 5.97 Å². The van der Waals surface area contributed by atoms with Gasteiger partial charge in [0.25, 0.3) is 5.91 Å². The van der Waals surface area contributed by atoms with E-state index in [1.54, 1.807) is 42.5 Å². The van der Waals surface area contributed by atoms with E-state index in [0.29, 0.717) is 35.0 Å². The van der Waals surface area contributed by atoms with Crippen LogP contribution in [-0.4, -0.2) is 42.7 Å². The number of hydrogen-bond donors (Lipinski definition) is 2. The van der Waals surface area contributed by atoms with Gasteiger partial charge in [-0.1, -0.05) is 6.07 Å². The average Bonchev–Trinajstić information content (AvgIpc) is 3.33. The largest absolute Gasteiger partial charge is 0.484 e. The van der Waals surface area contributed by atoms with Gasteiger partial charge in [0.1, 0.15) is 11.5 Å². The van der Waals surface area contributed by atoms with Crippen molar-refractivity contribution < 1.29 is 38.4 Å². The molecule has 2 heterocycles.